The van der Waals surface area contributed by atoms with Crippen LogP contribution >= 0.6 is 11.8 Å². The lowest BCUT2D eigenvalue weighted by molar-refractivity contribution is -0.154. The van der Waals surface area contributed by atoms with Gasteiger partial charge in [0.05, 0.1) is 0 Å². The molecule has 2 rings (SSSR count). The van der Waals surface area contributed by atoms with Gasteiger partial charge in [-0.05, 0) is 45.6 Å². The monoisotopic (exact) mass is 348 g/mol. The molecule has 3 nitrogen and oxygen atoms in total. The third kappa shape index (κ3) is 6.31. The van der Waals surface area contributed by atoms with Gasteiger partial charge in [0.2, 0.25) is 0 Å². The second-order valence-corrected chi connectivity index (χ2v) is 8.65. The van der Waals surface area contributed by atoms with E-state index in [9.17, 15) is 9.59 Å². The molecule has 1 aromatic carbocycles. The number of carbonyl (C=O) groups is 2. The van der Waals surface area contributed by atoms with E-state index in [1.54, 1.807) is 11.8 Å². The second kappa shape index (κ2) is 8.70. The van der Waals surface area contributed by atoms with Gasteiger partial charge in [0.1, 0.15) is 16.6 Å². The van der Waals surface area contributed by atoms with Crippen LogP contribution in [-0.4, -0.2) is 22.6 Å². The SMILES string of the molecule is CC(C)(C)OC(=O)C(CC1CCCCC1=O)SCc1ccccc1. The molecule has 24 heavy (non-hydrogen) atoms. The molecule has 0 heterocycles. The Hall–Kier alpha value is -1.29. The second-order valence-electron chi connectivity index (χ2n) is 7.46. The van der Waals surface area contributed by atoms with Crippen LogP contribution in [0.4, 0.5) is 0 Å². The summed E-state index contributed by atoms with van der Waals surface area (Å²) in [5.41, 5.74) is 0.685. The Labute approximate surface area is 149 Å². The number of carbonyl (C=O) groups excluding carboxylic acids is 2. The van der Waals surface area contributed by atoms with Crippen LogP contribution in [0.1, 0.15) is 58.4 Å². The summed E-state index contributed by atoms with van der Waals surface area (Å²) in [4.78, 5) is 24.8. The molecule has 1 aromatic rings. The summed E-state index contributed by atoms with van der Waals surface area (Å²) < 4.78 is 5.59. The molecule has 0 N–H and O–H groups in total. The van der Waals surface area contributed by atoms with E-state index in [1.165, 1.54) is 5.56 Å². The predicted octanol–water partition coefficient (Wildman–Crippen LogP) is 4.78. The Morgan fingerprint density at radius 2 is 1.96 bits per heavy atom. The number of ketones is 1. The Balaban J connectivity index is 2.02. The maximum Gasteiger partial charge on any atom is 0.319 e. The van der Waals surface area contributed by atoms with Gasteiger partial charge in [-0.1, -0.05) is 36.8 Å². The van der Waals surface area contributed by atoms with Crippen molar-refractivity contribution < 1.29 is 14.3 Å². The number of esters is 1. The van der Waals surface area contributed by atoms with E-state index in [-0.39, 0.29) is 17.1 Å². The Morgan fingerprint density at radius 3 is 2.58 bits per heavy atom. The van der Waals surface area contributed by atoms with E-state index >= 15 is 0 Å². The summed E-state index contributed by atoms with van der Waals surface area (Å²) in [6.45, 7) is 5.65. The summed E-state index contributed by atoms with van der Waals surface area (Å²) in [5, 5.41) is -0.281. The van der Waals surface area contributed by atoms with Crippen LogP contribution in [0.3, 0.4) is 0 Å². The number of hydrogen-bond acceptors (Lipinski definition) is 4. The average Bonchev–Trinajstić information content (AvgIpc) is 2.52. The molecule has 2 atom stereocenters. The van der Waals surface area contributed by atoms with Crippen molar-refractivity contribution in [3.8, 4) is 0 Å². The van der Waals surface area contributed by atoms with Crippen molar-refractivity contribution in [3.05, 3.63) is 35.9 Å². The minimum atomic E-state index is -0.501. The Kier molecular flexibility index (Phi) is 6.90. The lowest BCUT2D eigenvalue weighted by atomic mass is 9.85. The maximum atomic E-state index is 12.6. The molecule has 1 aliphatic rings. The molecule has 0 amide bonds. The number of rotatable bonds is 6. The number of Topliss-reactive ketones (excluding diaryl/α,β-unsaturated/α-hetero) is 1. The highest BCUT2D eigenvalue weighted by Gasteiger charge is 2.31. The van der Waals surface area contributed by atoms with Gasteiger partial charge in [-0.25, -0.2) is 0 Å². The van der Waals surface area contributed by atoms with Crippen molar-refractivity contribution in [1.29, 1.82) is 0 Å². The third-order valence-corrected chi connectivity index (χ3v) is 5.43. The molecule has 132 valence electrons. The van der Waals surface area contributed by atoms with E-state index in [1.807, 2.05) is 39.0 Å². The van der Waals surface area contributed by atoms with Gasteiger partial charge in [0.25, 0.3) is 0 Å². The molecule has 1 aliphatic carbocycles. The topological polar surface area (TPSA) is 43.4 Å². The summed E-state index contributed by atoms with van der Waals surface area (Å²) in [6.07, 6.45) is 4.24. The molecular formula is C20H28O3S. The number of ether oxygens (including phenoxy) is 1. The summed E-state index contributed by atoms with van der Waals surface area (Å²) in [6, 6.07) is 10.1. The van der Waals surface area contributed by atoms with Crippen LogP contribution in [0, 0.1) is 5.92 Å². The van der Waals surface area contributed by atoms with Gasteiger partial charge in [0, 0.05) is 18.1 Å². The predicted molar refractivity (Wildman–Crippen MR) is 99.0 cm³/mol. The van der Waals surface area contributed by atoms with E-state index in [4.69, 9.17) is 4.74 Å². The first-order chi connectivity index (χ1) is 11.3. The summed E-state index contributed by atoms with van der Waals surface area (Å²) in [5.74, 6) is 0.891. The van der Waals surface area contributed by atoms with Gasteiger partial charge in [0.15, 0.2) is 0 Å². The Bertz CT molecular complexity index is 548. The minimum Gasteiger partial charge on any atom is -0.459 e. The normalized spacial score (nSPS) is 19.8. The van der Waals surface area contributed by atoms with Gasteiger partial charge in [-0.15, -0.1) is 11.8 Å². The van der Waals surface area contributed by atoms with Crippen molar-refractivity contribution >= 4 is 23.5 Å². The zero-order valence-electron chi connectivity index (χ0n) is 14.9. The number of benzene rings is 1. The third-order valence-electron chi connectivity index (χ3n) is 4.14. The highest BCUT2D eigenvalue weighted by molar-refractivity contribution is 7.99. The molecule has 0 radical (unpaired) electrons. The van der Waals surface area contributed by atoms with Gasteiger partial charge in [-0.3, -0.25) is 9.59 Å². The quantitative estimate of drug-likeness (QED) is 0.694. The lowest BCUT2D eigenvalue weighted by Gasteiger charge is -2.27. The number of hydrogen-bond donors (Lipinski definition) is 0. The first-order valence-electron chi connectivity index (χ1n) is 8.76. The van der Waals surface area contributed by atoms with Crippen molar-refractivity contribution in [2.45, 2.75) is 69.5 Å². The highest BCUT2D eigenvalue weighted by atomic mass is 32.2. The molecule has 0 saturated heterocycles. The standard InChI is InChI=1S/C20H28O3S/c1-20(2,3)23-19(22)18(13-16-11-7-8-12-17(16)21)24-14-15-9-5-4-6-10-15/h4-6,9-10,16,18H,7-8,11-14H2,1-3H3. The molecule has 0 aliphatic heterocycles. The fourth-order valence-corrected chi connectivity index (χ4v) is 4.07. The first-order valence-corrected chi connectivity index (χ1v) is 9.81. The molecule has 0 spiro atoms. The Morgan fingerprint density at radius 1 is 1.25 bits per heavy atom. The largest absolute Gasteiger partial charge is 0.459 e. The molecule has 0 aromatic heterocycles. The van der Waals surface area contributed by atoms with Crippen molar-refractivity contribution in [2.24, 2.45) is 5.92 Å². The molecule has 4 heteroatoms. The van der Waals surface area contributed by atoms with Crippen LogP contribution in [0.5, 0.6) is 0 Å². The average molecular weight is 349 g/mol. The molecule has 1 saturated carbocycles. The van der Waals surface area contributed by atoms with Gasteiger partial charge < -0.3 is 4.74 Å². The van der Waals surface area contributed by atoms with Crippen LogP contribution in [-0.2, 0) is 20.1 Å². The van der Waals surface area contributed by atoms with E-state index in [2.05, 4.69) is 12.1 Å². The highest BCUT2D eigenvalue weighted by Crippen LogP contribution is 2.31. The smallest absolute Gasteiger partial charge is 0.319 e. The molecular weight excluding hydrogens is 320 g/mol. The van der Waals surface area contributed by atoms with Gasteiger partial charge in [-0.2, -0.15) is 0 Å². The van der Waals surface area contributed by atoms with E-state index in [0.717, 1.165) is 25.0 Å². The summed E-state index contributed by atoms with van der Waals surface area (Å²) >= 11 is 1.59. The van der Waals surface area contributed by atoms with Crippen molar-refractivity contribution in [3.63, 3.8) is 0 Å². The van der Waals surface area contributed by atoms with Crippen LogP contribution in [0.15, 0.2) is 30.3 Å². The zero-order chi connectivity index (χ0) is 17.6. The van der Waals surface area contributed by atoms with E-state index < -0.39 is 5.60 Å². The van der Waals surface area contributed by atoms with Crippen molar-refractivity contribution in [1.82, 2.24) is 0 Å². The van der Waals surface area contributed by atoms with E-state index in [0.29, 0.717) is 18.6 Å². The molecule has 0 bridgehead atoms. The van der Waals surface area contributed by atoms with Crippen LogP contribution in [0.2, 0.25) is 0 Å². The first kappa shape index (κ1) is 19.0. The van der Waals surface area contributed by atoms with Crippen LogP contribution in [0.25, 0.3) is 0 Å². The molecule has 1 fully saturated rings. The lowest BCUT2D eigenvalue weighted by Crippen LogP contribution is -2.33. The number of thioether (sulfide) groups is 1. The van der Waals surface area contributed by atoms with Crippen LogP contribution < -0.4 is 0 Å². The maximum absolute atomic E-state index is 12.6. The molecule has 2 unspecified atom stereocenters. The fourth-order valence-electron chi connectivity index (χ4n) is 2.93. The minimum absolute atomic E-state index is 0.0135. The zero-order valence-corrected chi connectivity index (χ0v) is 15.7. The fraction of sp³-hybridized carbons (Fsp3) is 0.600. The van der Waals surface area contributed by atoms with Gasteiger partial charge >= 0.3 is 5.97 Å². The van der Waals surface area contributed by atoms with Crippen molar-refractivity contribution in [2.75, 3.05) is 0 Å². The summed E-state index contributed by atoms with van der Waals surface area (Å²) in [7, 11) is 0.